The largest absolute Gasteiger partial charge is 0.478 e. The maximum atomic E-state index is 12.1. The number of nitrogens with one attached hydrogen (secondary N) is 1. The van der Waals surface area contributed by atoms with Crippen molar-refractivity contribution in [3.8, 4) is 0 Å². The van der Waals surface area contributed by atoms with Gasteiger partial charge in [-0.1, -0.05) is 6.07 Å². The number of carboxylic acid groups (broad SMARTS) is 1. The maximum absolute atomic E-state index is 12.1. The van der Waals surface area contributed by atoms with Crippen molar-refractivity contribution >= 4 is 23.6 Å². The van der Waals surface area contributed by atoms with Crippen LogP contribution in [0.4, 0.5) is 5.69 Å². The summed E-state index contributed by atoms with van der Waals surface area (Å²) in [5, 5.41) is 11.4. The summed E-state index contributed by atoms with van der Waals surface area (Å²) in [6, 6.07) is 6.90. The Kier molecular flexibility index (Phi) is 4.23. The highest BCUT2D eigenvalue weighted by molar-refractivity contribution is 6.05. The highest BCUT2D eigenvalue weighted by Gasteiger charge is 2.12. The number of amides is 1. The van der Waals surface area contributed by atoms with Crippen molar-refractivity contribution in [3.63, 3.8) is 0 Å². The fraction of sp³-hybridized carbons (Fsp3) is 0.125. The van der Waals surface area contributed by atoms with Gasteiger partial charge in [-0.3, -0.25) is 4.79 Å². The Balaban J connectivity index is 2.16. The van der Waals surface area contributed by atoms with Crippen LogP contribution < -0.4 is 5.32 Å². The molecule has 0 aliphatic rings. The zero-order chi connectivity index (χ0) is 15.4. The highest BCUT2D eigenvalue weighted by atomic mass is 16.4. The molecule has 2 rings (SSSR count). The number of aryl methyl sites for hydroxylation is 2. The zero-order valence-electron chi connectivity index (χ0n) is 11.7. The molecule has 0 spiro atoms. The molecule has 5 nitrogen and oxygen atoms in total. The van der Waals surface area contributed by atoms with Crippen molar-refractivity contribution in [2.75, 3.05) is 5.32 Å². The molecule has 5 heteroatoms. The summed E-state index contributed by atoms with van der Waals surface area (Å²) in [5.41, 5.74) is 2.77. The number of aliphatic carboxylic acids is 1. The van der Waals surface area contributed by atoms with Crippen LogP contribution in [-0.4, -0.2) is 17.0 Å². The predicted octanol–water partition coefficient (Wildman–Crippen LogP) is 3.25. The molecule has 21 heavy (non-hydrogen) atoms. The number of hydrogen-bond donors (Lipinski definition) is 2. The third-order valence-electron chi connectivity index (χ3n) is 3.02. The van der Waals surface area contributed by atoms with E-state index in [1.54, 1.807) is 31.2 Å². The maximum Gasteiger partial charge on any atom is 0.328 e. The Labute approximate surface area is 121 Å². The number of carbonyl (C=O) groups excluding carboxylic acids is 1. The molecule has 0 atom stereocenters. The quantitative estimate of drug-likeness (QED) is 0.845. The number of anilines is 1. The van der Waals surface area contributed by atoms with Crippen LogP contribution in [-0.2, 0) is 4.79 Å². The molecular weight excluding hydrogens is 270 g/mol. The van der Waals surface area contributed by atoms with E-state index in [9.17, 15) is 9.59 Å². The number of furan rings is 1. The van der Waals surface area contributed by atoms with Crippen LogP contribution >= 0.6 is 0 Å². The molecule has 1 amide bonds. The van der Waals surface area contributed by atoms with Crippen molar-refractivity contribution in [1.29, 1.82) is 0 Å². The first-order valence-corrected chi connectivity index (χ1v) is 6.34. The van der Waals surface area contributed by atoms with Gasteiger partial charge in [0.2, 0.25) is 0 Å². The first-order valence-electron chi connectivity index (χ1n) is 6.34. The highest BCUT2D eigenvalue weighted by Crippen LogP contribution is 2.19. The lowest BCUT2D eigenvalue weighted by molar-refractivity contribution is -0.131. The summed E-state index contributed by atoms with van der Waals surface area (Å²) in [5.74, 6) is -0.676. The van der Waals surface area contributed by atoms with E-state index < -0.39 is 5.97 Å². The SMILES string of the molecule is Cc1cc(C=CC(=O)O)ccc1NC(=O)c1ccoc1C. The Morgan fingerprint density at radius 1 is 1.24 bits per heavy atom. The Morgan fingerprint density at radius 3 is 2.57 bits per heavy atom. The lowest BCUT2D eigenvalue weighted by atomic mass is 10.1. The Hall–Kier alpha value is -2.82. The summed E-state index contributed by atoms with van der Waals surface area (Å²) < 4.78 is 5.10. The van der Waals surface area contributed by atoms with Crippen LogP contribution in [0, 0.1) is 13.8 Å². The molecule has 2 aromatic rings. The van der Waals surface area contributed by atoms with E-state index in [0.29, 0.717) is 17.0 Å². The number of carbonyl (C=O) groups is 2. The van der Waals surface area contributed by atoms with Gasteiger partial charge in [-0.15, -0.1) is 0 Å². The van der Waals surface area contributed by atoms with Gasteiger partial charge in [0.15, 0.2) is 0 Å². The van der Waals surface area contributed by atoms with Crippen LogP contribution in [0.5, 0.6) is 0 Å². The molecule has 1 heterocycles. The van der Waals surface area contributed by atoms with Gasteiger partial charge in [0.25, 0.3) is 5.91 Å². The number of hydrogen-bond acceptors (Lipinski definition) is 3. The van der Waals surface area contributed by atoms with Gasteiger partial charge in [0.05, 0.1) is 11.8 Å². The van der Waals surface area contributed by atoms with Crippen LogP contribution in [0.3, 0.4) is 0 Å². The first kappa shape index (κ1) is 14.6. The van der Waals surface area contributed by atoms with Gasteiger partial charge < -0.3 is 14.8 Å². The lowest BCUT2D eigenvalue weighted by Crippen LogP contribution is -2.13. The summed E-state index contributed by atoms with van der Waals surface area (Å²) >= 11 is 0. The summed E-state index contributed by atoms with van der Waals surface area (Å²) in [6.45, 7) is 3.57. The minimum Gasteiger partial charge on any atom is -0.478 e. The first-order chi connectivity index (χ1) is 9.97. The van der Waals surface area contributed by atoms with Crippen molar-refractivity contribution in [2.24, 2.45) is 0 Å². The molecule has 0 aliphatic heterocycles. The van der Waals surface area contributed by atoms with Crippen LogP contribution in [0.25, 0.3) is 6.08 Å². The fourth-order valence-corrected chi connectivity index (χ4v) is 1.91. The minimum atomic E-state index is -1.000. The predicted molar refractivity (Wildman–Crippen MR) is 79.2 cm³/mol. The molecule has 0 unspecified atom stereocenters. The molecule has 108 valence electrons. The molecule has 0 saturated carbocycles. The second kappa shape index (κ2) is 6.09. The Morgan fingerprint density at radius 2 is 2.00 bits per heavy atom. The summed E-state index contributed by atoms with van der Waals surface area (Å²) in [7, 11) is 0. The average molecular weight is 285 g/mol. The normalized spacial score (nSPS) is 10.8. The van der Waals surface area contributed by atoms with Gasteiger partial charge in [-0.05, 0) is 49.2 Å². The van der Waals surface area contributed by atoms with E-state index in [1.165, 1.54) is 12.3 Å². The van der Waals surface area contributed by atoms with Gasteiger partial charge in [-0.25, -0.2) is 4.79 Å². The molecule has 0 radical (unpaired) electrons. The van der Waals surface area contributed by atoms with Crippen molar-refractivity contribution < 1.29 is 19.1 Å². The molecular formula is C16H15NO4. The molecule has 0 saturated heterocycles. The van der Waals surface area contributed by atoms with Gasteiger partial charge in [0, 0.05) is 11.8 Å². The smallest absolute Gasteiger partial charge is 0.328 e. The standard InChI is InChI=1S/C16H15NO4/c1-10-9-12(4-6-15(18)19)3-5-14(10)17-16(20)13-7-8-21-11(13)2/h3-9H,1-2H3,(H,17,20)(H,18,19). The van der Waals surface area contributed by atoms with E-state index in [1.807, 2.05) is 6.92 Å². The topological polar surface area (TPSA) is 79.5 Å². The third-order valence-corrected chi connectivity index (χ3v) is 3.02. The molecule has 1 aromatic carbocycles. The van der Waals surface area contributed by atoms with E-state index in [0.717, 1.165) is 17.2 Å². The summed E-state index contributed by atoms with van der Waals surface area (Å²) in [4.78, 5) is 22.6. The van der Waals surface area contributed by atoms with Gasteiger partial charge in [0.1, 0.15) is 5.76 Å². The number of benzene rings is 1. The van der Waals surface area contributed by atoms with E-state index in [-0.39, 0.29) is 5.91 Å². The van der Waals surface area contributed by atoms with Crippen LogP contribution in [0.15, 0.2) is 41.0 Å². The number of carboxylic acids is 1. The molecule has 0 fully saturated rings. The van der Waals surface area contributed by atoms with E-state index in [2.05, 4.69) is 5.32 Å². The van der Waals surface area contributed by atoms with Crippen molar-refractivity contribution in [3.05, 3.63) is 59.1 Å². The fourth-order valence-electron chi connectivity index (χ4n) is 1.91. The minimum absolute atomic E-state index is 0.238. The molecule has 2 N–H and O–H groups in total. The van der Waals surface area contributed by atoms with Crippen molar-refractivity contribution in [2.45, 2.75) is 13.8 Å². The average Bonchev–Trinajstić information content (AvgIpc) is 2.85. The zero-order valence-corrected chi connectivity index (χ0v) is 11.7. The van der Waals surface area contributed by atoms with Crippen LogP contribution in [0.1, 0.15) is 27.2 Å². The van der Waals surface area contributed by atoms with E-state index >= 15 is 0 Å². The van der Waals surface area contributed by atoms with Gasteiger partial charge >= 0.3 is 5.97 Å². The third kappa shape index (κ3) is 3.60. The molecule has 1 aromatic heterocycles. The van der Waals surface area contributed by atoms with Crippen LogP contribution in [0.2, 0.25) is 0 Å². The molecule has 0 bridgehead atoms. The van der Waals surface area contributed by atoms with Crippen molar-refractivity contribution in [1.82, 2.24) is 0 Å². The van der Waals surface area contributed by atoms with E-state index in [4.69, 9.17) is 9.52 Å². The Bertz CT molecular complexity index is 713. The second-order valence-electron chi connectivity index (χ2n) is 4.59. The van der Waals surface area contributed by atoms with Gasteiger partial charge in [-0.2, -0.15) is 0 Å². The summed E-state index contributed by atoms with van der Waals surface area (Å²) in [6.07, 6.45) is 4.04. The molecule has 0 aliphatic carbocycles. The lowest BCUT2D eigenvalue weighted by Gasteiger charge is -2.08. The number of rotatable bonds is 4. The second-order valence-corrected chi connectivity index (χ2v) is 4.59. The monoisotopic (exact) mass is 285 g/mol.